The lowest BCUT2D eigenvalue weighted by Crippen LogP contribution is -2.21. The Morgan fingerprint density at radius 3 is 2.62 bits per heavy atom. The molecule has 0 bridgehead atoms. The molecule has 0 radical (unpaired) electrons. The highest BCUT2D eigenvalue weighted by atomic mass is 32.1. The number of amides is 1. The van der Waals surface area contributed by atoms with Crippen LogP contribution in [-0.2, 0) is 0 Å². The molecule has 0 saturated carbocycles. The largest absolute Gasteiger partial charge is 0.507 e. The van der Waals surface area contributed by atoms with Gasteiger partial charge in [0.25, 0.3) is 5.91 Å². The molecule has 0 aliphatic heterocycles. The monoisotopic (exact) mass is 447 g/mol. The SMILES string of the molecule is CCN(CC)c1ccc(/C=N\NC(=O)c2cc3c(C)nn(-c4ccccc4)c3s2)c(O)c1. The summed E-state index contributed by atoms with van der Waals surface area (Å²) < 4.78 is 1.85. The predicted octanol–water partition coefficient (Wildman–Crippen LogP) is 4.71. The minimum Gasteiger partial charge on any atom is -0.507 e. The number of aromatic hydroxyl groups is 1. The number of carbonyl (C=O) groups excluding carboxylic acids is 1. The van der Waals surface area contributed by atoms with Crippen LogP contribution >= 0.6 is 11.3 Å². The highest BCUT2D eigenvalue weighted by Crippen LogP contribution is 2.30. The zero-order chi connectivity index (χ0) is 22.7. The first kappa shape index (κ1) is 21.6. The molecule has 0 spiro atoms. The summed E-state index contributed by atoms with van der Waals surface area (Å²) in [6, 6.07) is 17.1. The first-order valence-corrected chi connectivity index (χ1v) is 11.3. The number of rotatable bonds is 7. The number of phenols is 1. The number of para-hydroxylation sites is 1. The van der Waals surface area contributed by atoms with E-state index in [0.29, 0.717) is 10.4 Å². The number of hydrogen-bond acceptors (Lipinski definition) is 6. The van der Waals surface area contributed by atoms with Crippen molar-refractivity contribution in [3.63, 3.8) is 0 Å². The van der Waals surface area contributed by atoms with Crippen LogP contribution in [0.3, 0.4) is 0 Å². The molecule has 2 aromatic heterocycles. The summed E-state index contributed by atoms with van der Waals surface area (Å²) in [4.78, 5) is 16.3. The van der Waals surface area contributed by atoms with E-state index >= 15 is 0 Å². The lowest BCUT2D eigenvalue weighted by atomic mass is 10.2. The van der Waals surface area contributed by atoms with Gasteiger partial charge >= 0.3 is 0 Å². The summed E-state index contributed by atoms with van der Waals surface area (Å²) in [5, 5.41) is 19.9. The zero-order valence-electron chi connectivity index (χ0n) is 18.2. The van der Waals surface area contributed by atoms with Crippen LogP contribution in [0.2, 0.25) is 0 Å². The smallest absolute Gasteiger partial charge is 0.281 e. The lowest BCUT2D eigenvalue weighted by molar-refractivity contribution is 0.0959. The fourth-order valence-electron chi connectivity index (χ4n) is 3.55. The van der Waals surface area contributed by atoms with Crippen LogP contribution in [0.25, 0.3) is 15.9 Å². The molecule has 0 aliphatic carbocycles. The average Bonchev–Trinajstić information content (AvgIpc) is 3.37. The highest BCUT2D eigenvalue weighted by molar-refractivity contribution is 7.20. The molecular formula is C24H25N5O2S. The van der Waals surface area contributed by atoms with Gasteiger partial charge in [0.15, 0.2) is 0 Å². The average molecular weight is 448 g/mol. The molecule has 164 valence electrons. The van der Waals surface area contributed by atoms with Gasteiger partial charge in [-0.05, 0) is 51.1 Å². The lowest BCUT2D eigenvalue weighted by Gasteiger charge is -2.21. The Labute approximate surface area is 190 Å². The Bertz CT molecular complexity index is 1270. The Hall–Kier alpha value is -3.65. The Kier molecular flexibility index (Phi) is 6.23. The van der Waals surface area contributed by atoms with E-state index in [9.17, 15) is 9.90 Å². The highest BCUT2D eigenvalue weighted by Gasteiger charge is 2.17. The maximum atomic E-state index is 12.7. The number of thiophene rings is 1. The molecule has 2 aromatic carbocycles. The van der Waals surface area contributed by atoms with Crippen LogP contribution < -0.4 is 10.3 Å². The van der Waals surface area contributed by atoms with Crippen molar-refractivity contribution in [3.05, 3.63) is 70.7 Å². The molecule has 32 heavy (non-hydrogen) atoms. The van der Waals surface area contributed by atoms with Gasteiger partial charge < -0.3 is 10.0 Å². The van der Waals surface area contributed by atoms with Crippen LogP contribution in [0, 0.1) is 6.92 Å². The predicted molar refractivity (Wildman–Crippen MR) is 130 cm³/mol. The molecule has 0 aliphatic rings. The number of anilines is 1. The normalized spacial score (nSPS) is 11.3. The minimum atomic E-state index is -0.305. The number of carbonyl (C=O) groups is 1. The van der Waals surface area contributed by atoms with E-state index in [4.69, 9.17) is 0 Å². The first-order valence-electron chi connectivity index (χ1n) is 10.5. The van der Waals surface area contributed by atoms with Gasteiger partial charge in [-0.1, -0.05) is 18.2 Å². The number of hydrogen-bond donors (Lipinski definition) is 2. The number of aromatic nitrogens is 2. The van der Waals surface area contributed by atoms with Crippen molar-refractivity contribution in [2.75, 3.05) is 18.0 Å². The molecule has 1 amide bonds. The van der Waals surface area contributed by atoms with E-state index in [2.05, 4.69) is 34.4 Å². The summed E-state index contributed by atoms with van der Waals surface area (Å²) in [7, 11) is 0. The van der Waals surface area contributed by atoms with Crippen molar-refractivity contribution in [1.29, 1.82) is 0 Å². The maximum absolute atomic E-state index is 12.7. The van der Waals surface area contributed by atoms with E-state index in [1.165, 1.54) is 17.6 Å². The van der Waals surface area contributed by atoms with Gasteiger partial charge in [-0.2, -0.15) is 10.2 Å². The fourth-order valence-corrected chi connectivity index (χ4v) is 4.62. The first-order chi connectivity index (χ1) is 15.5. The number of hydrazone groups is 1. The van der Waals surface area contributed by atoms with Crippen LogP contribution in [0.4, 0.5) is 5.69 Å². The van der Waals surface area contributed by atoms with Gasteiger partial charge in [0, 0.05) is 35.8 Å². The van der Waals surface area contributed by atoms with Crippen molar-refractivity contribution < 1.29 is 9.90 Å². The van der Waals surface area contributed by atoms with Crippen LogP contribution in [0.5, 0.6) is 5.75 Å². The Balaban J connectivity index is 1.51. The van der Waals surface area contributed by atoms with Gasteiger partial charge in [-0.3, -0.25) is 4.79 Å². The summed E-state index contributed by atoms with van der Waals surface area (Å²) in [5.74, 6) is -0.187. The summed E-state index contributed by atoms with van der Waals surface area (Å²) in [6.45, 7) is 7.78. The number of aryl methyl sites for hydroxylation is 1. The molecule has 8 heteroatoms. The van der Waals surface area contributed by atoms with Gasteiger partial charge in [0.1, 0.15) is 10.6 Å². The molecule has 0 saturated heterocycles. The van der Waals surface area contributed by atoms with Gasteiger partial charge in [0.2, 0.25) is 0 Å². The van der Waals surface area contributed by atoms with E-state index in [0.717, 1.165) is 40.4 Å². The molecule has 4 aromatic rings. The van der Waals surface area contributed by atoms with Gasteiger partial charge in [-0.25, -0.2) is 10.1 Å². The van der Waals surface area contributed by atoms with E-state index in [1.54, 1.807) is 12.1 Å². The third kappa shape index (κ3) is 4.22. The summed E-state index contributed by atoms with van der Waals surface area (Å²) in [6.07, 6.45) is 1.45. The molecule has 7 nitrogen and oxygen atoms in total. The molecule has 0 unspecified atom stereocenters. The zero-order valence-corrected chi connectivity index (χ0v) is 19.1. The minimum absolute atomic E-state index is 0.118. The molecular weight excluding hydrogens is 422 g/mol. The second-order valence-electron chi connectivity index (χ2n) is 7.28. The van der Waals surface area contributed by atoms with Crippen molar-refractivity contribution in [2.45, 2.75) is 20.8 Å². The molecule has 4 rings (SSSR count). The van der Waals surface area contributed by atoms with Gasteiger partial charge in [-0.15, -0.1) is 11.3 Å². The molecule has 0 fully saturated rings. The topological polar surface area (TPSA) is 82.8 Å². The number of phenolic OH excluding ortho intramolecular Hbond substituents is 1. The maximum Gasteiger partial charge on any atom is 0.281 e. The second-order valence-corrected chi connectivity index (χ2v) is 8.31. The molecule has 2 N–H and O–H groups in total. The number of nitrogens with zero attached hydrogens (tertiary/aromatic N) is 4. The van der Waals surface area contributed by atoms with E-state index in [1.807, 2.05) is 54.1 Å². The summed E-state index contributed by atoms with van der Waals surface area (Å²) in [5.41, 5.74) is 5.84. The van der Waals surface area contributed by atoms with Crippen molar-refractivity contribution >= 4 is 39.4 Å². The van der Waals surface area contributed by atoms with Gasteiger partial charge in [0.05, 0.1) is 22.5 Å². The quantitative estimate of drug-likeness (QED) is 0.317. The standard InChI is InChI=1S/C24H25N5O2S/c1-4-28(5-2)19-12-11-17(21(30)13-19)15-25-26-23(31)22-14-20-16(3)27-29(24(20)32-22)18-9-7-6-8-10-18/h6-15,30H,4-5H2,1-3H3,(H,26,31)/b25-15-. The third-order valence-corrected chi connectivity index (χ3v) is 6.39. The fraction of sp³-hybridized carbons (Fsp3) is 0.208. The summed E-state index contributed by atoms with van der Waals surface area (Å²) >= 11 is 1.37. The number of fused-ring (bicyclic) bond motifs is 1. The third-order valence-electron chi connectivity index (χ3n) is 5.28. The van der Waals surface area contributed by atoms with Crippen LogP contribution in [0.15, 0.2) is 59.7 Å². The van der Waals surface area contributed by atoms with Crippen molar-refractivity contribution in [2.24, 2.45) is 5.10 Å². The van der Waals surface area contributed by atoms with Crippen molar-refractivity contribution in [3.8, 4) is 11.4 Å². The number of nitrogens with one attached hydrogen (secondary N) is 1. The van der Waals surface area contributed by atoms with E-state index in [-0.39, 0.29) is 11.7 Å². The number of benzene rings is 2. The molecule has 2 heterocycles. The Morgan fingerprint density at radius 2 is 1.94 bits per heavy atom. The van der Waals surface area contributed by atoms with Crippen molar-refractivity contribution in [1.82, 2.24) is 15.2 Å². The second kappa shape index (κ2) is 9.23. The van der Waals surface area contributed by atoms with E-state index < -0.39 is 0 Å². The molecule has 0 atom stereocenters. The Morgan fingerprint density at radius 1 is 1.19 bits per heavy atom. The van der Waals surface area contributed by atoms with Crippen LogP contribution in [0.1, 0.15) is 34.8 Å². The van der Waals surface area contributed by atoms with Crippen LogP contribution in [-0.4, -0.2) is 40.1 Å².